The van der Waals surface area contributed by atoms with Gasteiger partial charge in [-0.25, -0.2) is 0 Å². The number of carbonyl (C=O) groups is 2. The van der Waals surface area contributed by atoms with Crippen molar-refractivity contribution in [3.63, 3.8) is 0 Å². The monoisotopic (exact) mass is 314 g/mol. The molecular formula is C17H18N2O2S. The Labute approximate surface area is 134 Å². The molecule has 0 fully saturated rings. The van der Waals surface area contributed by atoms with Crippen molar-refractivity contribution in [2.24, 2.45) is 0 Å². The van der Waals surface area contributed by atoms with E-state index in [0.29, 0.717) is 0 Å². The van der Waals surface area contributed by atoms with E-state index >= 15 is 0 Å². The number of benzene rings is 2. The van der Waals surface area contributed by atoms with E-state index in [1.807, 2.05) is 60.7 Å². The van der Waals surface area contributed by atoms with Gasteiger partial charge in [-0.15, -0.1) is 11.8 Å². The summed E-state index contributed by atoms with van der Waals surface area (Å²) in [4.78, 5) is 23.9. The smallest absolute Gasteiger partial charge is 0.237 e. The first-order valence-electron chi connectivity index (χ1n) is 6.97. The Balaban J connectivity index is 1.76. The van der Waals surface area contributed by atoms with Crippen LogP contribution in [0, 0.1) is 0 Å². The number of thioether (sulfide) groups is 1. The van der Waals surface area contributed by atoms with Gasteiger partial charge < -0.3 is 10.6 Å². The van der Waals surface area contributed by atoms with Gasteiger partial charge in [0.2, 0.25) is 11.8 Å². The lowest BCUT2D eigenvalue weighted by Crippen LogP contribution is -2.25. The summed E-state index contributed by atoms with van der Waals surface area (Å²) in [5, 5.41) is 5.31. The fourth-order valence-corrected chi connectivity index (χ4v) is 2.44. The lowest BCUT2D eigenvalue weighted by molar-refractivity contribution is -0.115. The van der Waals surface area contributed by atoms with Gasteiger partial charge in [0, 0.05) is 11.4 Å². The molecule has 0 heterocycles. The highest BCUT2D eigenvalue weighted by Gasteiger charge is 2.15. The molecule has 0 radical (unpaired) electrons. The standard InChI is InChI=1S/C17H18N2O2S/c1-13(17(21)19-15-10-6-3-7-11-15)22-12-16(20)18-14-8-4-2-5-9-14/h2-11,13H,12H2,1H3,(H,18,20)(H,19,21). The zero-order valence-electron chi connectivity index (χ0n) is 12.3. The molecule has 1 unspecified atom stereocenters. The van der Waals surface area contributed by atoms with Crippen LogP contribution in [-0.2, 0) is 9.59 Å². The van der Waals surface area contributed by atoms with E-state index in [9.17, 15) is 9.59 Å². The normalized spacial score (nSPS) is 11.5. The van der Waals surface area contributed by atoms with Gasteiger partial charge in [-0.05, 0) is 31.2 Å². The lowest BCUT2D eigenvalue weighted by atomic mass is 10.3. The third-order valence-electron chi connectivity index (χ3n) is 2.93. The highest BCUT2D eigenvalue weighted by Crippen LogP contribution is 2.15. The van der Waals surface area contributed by atoms with E-state index < -0.39 is 0 Å². The summed E-state index contributed by atoms with van der Waals surface area (Å²) in [7, 11) is 0. The second kappa shape index (κ2) is 8.24. The number of anilines is 2. The van der Waals surface area contributed by atoms with Crippen LogP contribution in [0.25, 0.3) is 0 Å². The summed E-state index contributed by atoms with van der Waals surface area (Å²) in [6.45, 7) is 1.79. The van der Waals surface area contributed by atoms with Crippen molar-refractivity contribution in [2.45, 2.75) is 12.2 Å². The third-order valence-corrected chi connectivity index (χ3v) is 4.08. The predicted molar refractivity (Wildman–Crippen MR) is 92.1 cm³/mol. The summed E-state index contributed by atoms with van der Waals surface area (Å²) in [5.41, 5.74) is 1.52. The molecule has 1 atom stereocenters. The summed E-state index contributed by atoms with van der Waals surface area (Å²) in [6, 6.07) is 18.5. The van der Waals surface area contributed by atoms with Crippen molar-refractivity contribution < 1.29 is 9.59 Å². The van der Waals surface area contributed by atoms with Crippen molar-refractivity contribution in [3.05, 3.63) is 60.7 Å². The van der Waals surface area contributed by atoms with E-state index in [1.54, 1.807) is 6.92 Å². The molecule has 2 N–H and O–H groups in total. The lowest BCUT2D eigenvalue weighted by Gasteiger charge is -2.12. The molecule has 0 saturated carbocycles. The molecule has 5 heteroatoms. The Morgan fingerprint density at radius 1 is 0.909 bits per heavy atom. The van der Waals surface area contributed by atoms with Crippen LogP contribution in [-0.4, -0.2) is 22.8 Å². The highest BCUT2D eigenvalue weighted by molar-refractivity contribution is 8.01. The summed E-state index contributed by atoms with van der Waals surface area (Å²) >= 11 is 1.31. The summed E-state index contributed by atoms with van der Waals surface area (Å²) in [5.74, 6) is 0.0115. The molecule has 2 amide bonds. The zero-order valence-corrected chi connectivity index (χ0v) is 13.1. The maximum atomic E-state index is 12.0. The zero-order chi connectivity index (χ0) is 15.8. The molecule has 0 bridgehead atoms. The van der Waals surface area contributed by atoms with E-state index in [4.69, 9.17) is 0 Å². The molecule has 0 aromatic heterocycles. The second-order valence-corrected chi connectivity index (χ2v) is 6.05. The number of rotatable bonds is 6. The minimum Gasteiger partial charge on any atom is -0.325 e. The minimum atomic E-state index is -0.304. The van der Waals surface area contributed by atoms with Gasteiger partial charge in [-0.3, -0.25) is 9.59 Å². The molecule has 22 heavy (non-hydrogen) atoms. The molecule has 0 aliphatic heterocycles. The molecule has 2 rings (SSSR count). The van der Waals surface area contributed by atoms with Gasteiger partial charge in [0.1, 0.15) is 0 Å². The summed E-state index contributed by atoms with van der Waals surface area (Å²) in [6.07, 6.45) is 0. The molecule has 0 aliphatic rings. The number of hydrogen-bond donors (Lipinski definition) is 2. The number of carbonyl (C=O) groups excluding carboxylic acids is 2. The summed E-state index contributed by atoms with van der Waals surface area (Å²) < 4.78 is 0. The van der Waals surface area contributed by atoms with E-state index in [2.05, 4.69) is 10.6 Å². The van der Waals surface area contributed by atoms with Gasteiger partial charge >= 0.3 is 0 Å². The van der Waals surface area contributed by atoms with Crippen LogP contribution in [0.2, 0.25) is 0 Å². The number of nitrogens with one attached hydrogen (secondary N) is 2. The van der Waals surface area contributed by atoms with Gasteiger partial charge in [0.25, 0.3) is 0 Å². The van der Waals surface area contributed by atoms with Crippen molar-refractivity contribution >= 4 is 35.0 Å². The largest absolute Gasteiger partial charge is 0.325 e. The van der Waals surface area contributed by atoms with Crippen LogP contribution in [0.15, 0.2) is 60.7 Å². The first-order valence-corrected chi connectivity index (χ1v) is 8.02. The van der Waals surface area contributed by atoms with E-state index in [1.165, 1.54) is 11.8 Å². The maximum absolute atomic E-state index is 12.0. The fraction of sp³-hybridized carbons (Fsp3) is 0.176. The Morgan fingerprint density at radius 2 is 1.41 bits per heavy atom. The third kappa shape index (κ3) is 5.26. The van der Waals surface area contributed by atoms with Crippen molar-refractivity contribution in [3.8, 4) is 0 Å². The molecular weight excluding hydrogens is 296 g/mol. The molecule has 2 aromatic carbocycles. The average Bonchev–Trinajstić information content (AvgIpc) is 2.54. The second-order valence-electron chi connectivity index (χ2n) is 4.72. The van der Waals surface area contributed by atoms with Crippen LogP contribution in [0.3, 0.4) is 0 Å². The average molecular weight is 314 g/mol. The molecule has 114 valence electrons. The molecule has 0 saturated heterocycles. The molecule has 0 spiro atoms. The van der Waals surface area contributed by atoms with Crippen molar-refractivity contribution in [1.29, 1.82) is 0 Å². The number of amides is 2. The molecule has 2 aromatic rings. The fourth-order valence-electron chi connectivity index (χ4n) is 1.76. The van der Waals surface area contributed by atoms with Crippen LogP contribution < -0.4 is 10.6 Å². The Morgan fingerprint density at radius 3 is 1.95 bits per heavy atom. The number of para-hydroxylation sites is 2. The quantitative estimate of drug-likeness (QED) is 0.859. The van der Waals surface area contributed by atoms with E-state index in [-0.39, 0.29) is 22.8 Å². The van der Waals surface area contributed by atoms with Crippen LogP contribution in [0.4, 0.5) is 11.4 Å². The van der Waals surface area contributed by atoms with Gasteiger partial charge in [-0.1, -0.05) is 36.4 Å². The Hall–Kier alpha value is -2.27. The highest BCUT2D eigenvalue weighted by atomic mass is 32.2. The van der Waals surface area contributed by atoms with Crippen molar-refractivity contribution in [2.75, 3.05) is 16.4 Å². The van der Waals surface area contributed by atoms with Gasteiger partial charge in [0.05, 0.1) is 11.0 Å². The van der Waals surface area contributed by atoms with E-state index in [0.717, 1.165) is 11.4 Å². The van der Waals surface area contributed by atoms with Gasteiger partial charge in [0.15, 0.2) is 0 Å². The Kier molecular flexibility index (Phi) is 6.03. The van der Waals surface area contributed by atoms with Crippen LogP contribution in [0.5, 0.6) is 0 Å². The van der Waals surface area contributed by atoms with Crippen LogP contribution in [0.1, 0.15) is 6.92 Å². The minimum absolute atomic E-state index is 0.108. The Bertz CT molecular complexity index is 617. The van der Waals surface area contributed by atoms with Crippen molar-refractivity contribution in [1.82, 2.24) is 0 Å². The van der Waals surface area contributed by atoms with Gasteiger partial charge in [-0.2, -0.15) is 0 Å². The topological polar surface area (TPSA) is 58.2 Å². The predicted octanol–water partition coefficient (Wildman–Crippen LogP) is 3.39. The molecule has 4 nitrogen and oxygen atoms in total. The first-order chi connectivity index (χ1) is 10.6. The maximum Gasteiger partial charge on any atom is 0.237 e. The number of hydrogen-bond acceptors (Lipinski definition) is 3. The SMILES string of the molecule is CC(SCC(=O)Nc1ccccc1)C(=O)Nc1ccccc1. The first kappa shape index (κ1) is 16.1. The van der Waals surface area contributed by atoms with Crippen LogP contribution >= 0.6 is 11.8 Å². The molecule has 0 aliphatic carbocycles.